The van der Waals surface area contributed by atoms with Crippen LogP contribution in [0.5, 0.6) is 5.75 Å². The monoisotopic (exact) mass is 626 g/mol. The first-order chi connectivity index (χ1) is 19.5. The van der Waals surface area contributed by atoms with E-state index in [2.05, 4.69) is 4.18 Å². The number of hydrogen-bond donors (Lipinski definition) is 0. The fraction of sp³-hybridized carbons (Fsp3) is 0.500. The van der Waals surface area contributed by atoms with E-state index in [9.17, 15) is 34.8 Å². The van der Waals surface area contributed by atoms with Crippen LogP contribution in [0.2, 0.25) is 0 Å². The maximum atomic E-state index is 15.7. The van der Waals surface area contributed by atoms with Crippen molar-refractivity contribution in [3.63, 3.8) is 0 Å². The topological polar surface area (TPSA) is 49.9 Å². The number of alkyl halides is 6. The van der Waals surface area contributed by atoms with Crippen molar-refractivity contribution in [1.29, 1.82) is 0 Å². The molecule has 2 unspecified atom stereocenters. The Labute approximate surface area is 238 Å². The van der Waals surface area contributed by atoms with Gasteiger partial charge in [-0.15, -0.1) is 0 Å². The molecule has 1 fully saturated rings. The quantitative estimate of drug-likeness (QED) is 0.178. The zero-order valence-corrected chi connectivity index (χ0v) is 23.6. The molecule has 14 heteroatoms. The van der Waals surface area contributed by atoms with Crippen LogP contribution >= 0.6 is 0 Å². The van der Waals surface area contributed by atoms with Crippen LogP contribution in [0.25, 0.3) is 6.08 Å². The number of benzene rings is 2. The molecule has 4 rings (SSSR count). The summed E-state index contributed by atoms with van der Waals surface area (Å²) in [6, 6.07) is 3.04. The van der Waals surface area contributed by atoms with E-state index in [4.69, 9.17) is 0 Å². The summed E-state index contributed by atoms with van der Waals surface area (Å²) in [6.07, 6.45) is 2.62. The average molecular weight is 627 g/mol. The van der Waals surface area contributed by atoms with Crippen molar-refractivity contribution in [3.8, 4) is 5.75 Å². The molecule has 2 aromatic carbocycles. The SMILES string of the molecule is CC1Cc2cc(OS(=O)(=O)C(F)(F)F)ccc2C(c2c(F)cc(C=C3CCN(CCCF)C3)cc2F)N1CC(C)(F)F. The summed E-state index contributed by atoms with van der Waals surface area (Å²) in [7, 11) is -5.98. The summed E-state index contributed by atoms with van der Waals surface area (Å²) in [5.74, 6) is -5.96. The minimum absolute atomic E-state index is 0.0303. The van der Waals surface area contributed by atoms with E-state index in [1.54, 1.807) is 6.08 Å². The number of likely N-dealkylation sites (tertiary alicyclic amines) is 1. The van der Waals surface area contributed by atoms with Gasteiger partial charge in [-0.25, -0.2) is 17.6 Å². The van der Waals surface area contributed by atoms with Gasteiger partial charge in [-0.05, 0) is 67.1 Å². The minimum Gasteiger partial charge on any atom is -0.376 e. The Hall–Kier alpha value is -2.71. The first-order valence-electron chi connectivity index (χ1n) is 13.2. The Balaban J connectivity index is 1.73. The normalized spacial score (nSPS) is 21.6. The summed E-state index contributed by atoms with van der Waals surface area (Å²) >= 11 is 0. The van der Waals surface area contributed by atoms with Gasteiger partial charge in [0.25, 0.3) is 5.92 Å². The third kappa shape index (κ3) is 7.25. The van der Waals surface area contributed by atoms with Gasteiger partial charge in [-0.1, -0.05) is 17.7 Å². The van der Waals surface area contributed by atoms with Crippen molar-refractivity contribution in [2.24, 2.45) is 0 Å². The zero-order valence-electron chi connectivity index (χ0n) is 22.8. The van der Waals surface area contributed by atoms with Crippen molar-refractivity contribution >= 4 is 16.2 Å². The Morgan fingerprint density at radius 2 is 1.74 bits per heavy atom. The van der Waals surface area contributed by atoms with Gasteiger partial charge in [-0.3, -0.25) is 14.2 Å². The lowest BCUT2D eigenvalue weighted by Gasteiger charge is -2.43. The Kier molecular flexibility index (Phi) is 9.29. The molecule has 2 atom stereocenters. The second-order valence-electron chi connectivity index (χ2n) is 10.8. The Bertz CT molecular complexity index is 1420. The summed E-state index contributed by atoms with van der Waals surface area (Å²) < 4.78 is 138. The smallest absolute Gasteiger partial charge is 0.376 e. The molecular weight excluding hydrogens is 596 g/mol. The summed E-state index contributed by atoms with van der Waals surface area (Å²) in [4.78, 5) is 3.24. The molecule has 2 aliphatic heterocycles. The summed E-state index contributed by atoms with van der Waals surface area (Å²) in [6.45, 7) is 2.61. The predicted molar refractivity (Wildman–Crippen MR) is 140 cm³/mol. The van der Waals surface area contributed by atoms with Crippen molar-refractivity contribution in [2.45, 2.75) is 56.6 Å². The zero-order chi connectivity index (χ0) is 31.0. The van der Waals surface area contributed by atoms with Crippen LogP contribution in [0.1, 0.15) is 55.0 Å². The van der Waals surface area contributed by atoms with Crippen LogP contribution in [0.15, 0.2) is 35.9 Å². The van der Waals surface area contributed by atoms with Crippen LogP contribution in [0, 0.1) is 11.6 Å². The second-order valence-corrected chi connectivity index (χ2v) is 12.3. The van der Waals surface area contributed by atoms with Crippen molar-refractivity contribution in [2.75, 3.05) is 32.9 Å². The van der Waals surface area contributed by atoms with E-state index in [1.807, 2.05) is 4.90 Å². The lowest BCUT2D eigenvalue weighted by molar-refractivity contribution is -0.0500. The Morgan fingerprint density at radius 3 is 2.33 bits per heavy atom. The number of hydrogen-bond acceptors (Lipinski definition) is 5. The molecule has 2 aliphatic rings. The largest absolute Gasteiger partial charge is 0.534 e. The molecular formula is C28H30F8N2O3S. The molecule has 1 saturated heterocycles. The van der Waals surface area contributed by atoms with Crippen LogP contribution in [0.4, 0.5) is 35.1 Å². The van der Waals surface area contributed by atoms with Crippen molar-refractivity contribution < 1.29 is 47.7 Å². The molecule has 2 aromatic rings. The van der Waals surface area contributed by atoms with E-state index < -0.39 is 69.8 Å². The molecule has 232 valence electrons. The molecule has 0 amide bonds. The molecule has 0 saturated carbocycles. The van der Waals surface area contributed by atoms with Gasteiger partial charge in [-0.2, -0.15) is 21.6 Å². The van der Waals surface area contributed by atoms with Gasteiger partial charge in [0, 0.05) is 38.2 Å². The molecule has 0 spiro atoms. The van der Waals surface area contributed by atoms with E-state index in [0.29, 0.717) is 39.4 Å². The number of halogens is 8. The third-order valence-electron chi connectivity index (χ3n) is 7.30. The fourth-order valence-electron chi connectivity index (χ4n) is 5.53. The summed E-state index contributed by atoms with van der Waals surface area (Å²) in [5.41, 5.74) is -4.78. The molecule has 0 aliphatic carbocycles. The Morgan fingerprint density at radius 1 is 1.07 bits per heavy atom. The molecule has 5 nitrogen and oxygen atoms in total. The van der Waals surface area contributed by atoms with Crippen LogP contribution in [0.3, 0.4) is 0 Å². The van der Waals surface area contributed by atoms with Gasteiger partial charge in [0.05, 0.1) is 19.3 Å². The van der Waals surface area contributed by atoms with Crippen LogP contribution in [-0.2, 0) is 16.5 Å². The fourth-order valence-corrected chi connectivity index (χ4v) is 5.98. The van der Waals surface area contributed by atoms with E-state index in [0.717, 1.165) is 35.9 Å². The maximum Gasteiger partial charge on any atom is 0.534 e. The van der Waals surface area contributed by atoms with Crippen LogP contribution in [-0.4, -0.2) is 68.5 Å². The molecule has 2 heterocycles. The molecule has 0 radical (unpaired) electrons. The van der Waals surface area contributed by atoms with Crippen molar-refractivity contribution in [1.82, 2.24) is 9.80 Å². The van der Waals surface area contributed by atoms with Crippen LogP contribution < -0.4 is 4.18 Å². The van der Waals surface area contributed by atoms with Gasteiger partial charge in [0.2, 0.25) is 0 Å². The standard InChI is InChI=1S/C28H30F8N2O3S/c1-17-10-20-14-21(41-42(39,40)28(34,35)36)4-5-22(20)26(38(17)16-27(2,32)33)25-23(30)12-19(13-24(25)31)11-18-6-9-37(15-18)8-3-7-29/h4-5,11-14,17,26H,3,6-10,15-16H2,1-2H3. The van der Waals surface area contributed by atoms with E-state index in [1.165, 1.54) is 11.8 Å². The average Bonchev–Trinajstić information content (AvgIpc) is 3.29. The van der Waals surface area contributed by atoms with E-state index >= 15 is 8.78 Å². The lowest BCUT2D eigenvalue weighted by Crippen LogP contribution is -2.48. The number of fused-ring (bicyclic) bond motifs is 1. The molecule has 0 N–H and O–H groups in total. The van der Waals surface area contributed by atoms with Gasteiger partial charge < -0.3 is 4.18 Å². The first kappa shape index (κ1) is 32.2. The lowest BCUT2D eigenvalue weighted by atomic mass is 9.84. The third-order valence-corrected chi connectivity index (χ3v) is 8.28. The molecule has 0 bridgehead atoms. The highest BCUT2D eigenvalue weighted by Crippen LogP contribution is 2.43. The highest BCUT2D eigenvalue weighted by atomic mass is 32.2. The minimum atomic E-state index is -5.98. The highest BCUT2D eigenvalue weighted by molar-refractivity contribution is 7.88. The first-order valence-corrected chi connectivity index (χ1v) is 14.6. The maximum absolute atomic E-state index is 15.7. The number of rotatable bonds is 9. The number of nitrogens with zero attached hydrogens (tertiary/aromatic N) is 2. The summed E-state index contributed by atoms with van der Waals surface area (Å²) in [5, 5.41) is 0. The molecule has 42 heavy (non-hydrogen) atoms. The van der Waals surface area contributed by atoms with E-state index in [-0.39, 0.29) is 23.1 Å². The predicted octanol–water partition coefficient (Wildman–Crippen LogP) is 6.63. The second kappa shape index (κ2) is 12.1. The molecule has 0 aromatic heterocycles. The van der Waals surface area contributed by atoms with Crippen molar-refractivity contribution in [3.05, 3.63) is 69.8 Å². The van der Waals surface area contributed by atoms with Gasteiger partial charge >= 0.3 is 15.6 Å². The van der Waals surface area contributed by atoms with Gasteiger partial charge in [0.15, 0.2) is 0 Å². The highest BCUT2D eigenvalue weighted by Gasteiger charge is 2.49. The van der Waals surface area contributed by atoms with Gasteiger partial charge in [0.1, 0.15) is 17.4 Å².